The molecule has 4 atom stereocenters. The number of carboxylic acids is 2. The molecule has 0 rings (SSSR count). The van der Waals surface area contributed by atoms with Crippen molar-refractivity contribution < 1.29 is 39.0 Å². The normalized spacial score (nSPS) is 14.1. The number of hydrogen-bond acceptors (Lipinski definition) is 9. The molecule has 4 amide bonds. The number of nitrogens with one attached hydrogen (secondary N) is 3. The van der Waals surface area contributed by atoms with Gasteiger partial charge in [-0.05, 0) is 57.1 Å². The van der Waals surface area contributed by atoms with Crippen molar-refractivity contribution in [1.82, 2.24) is 16.0 Å². The Labute approximate surface area is 213 Å². The first-order chi connectivity index (χ1) is 16.9. The fourth-order valence-corrected chi connectivity index (χ4v) is 3.53. The van der Waals surface area contributed by atoms with Crippen LogP contribution in [0.25, 0.3) is 0 Å². The summed E-state index contributed by atoms with van der Waals surface area (Å²) in [6.07, 6.45) is 1.94. The zero-order chi connectivity index (χ0) is 27.7. The highest BCUT2D eigenvalue weighted by Gasteiger charge is 2.30. The van der Waals surface area contributed by atoms with Gasteiger partial charge in [-0.3, -0.25) is 24.0 Å². The SMILES string of the molecule is CSCCC(N)C(=O)NC(CCC(N)=O)C(=O)NC(CCC(=O)O)C(=O)NC(CCCCN)C(=O)O. The molecule has 36 heavy (non-hydrogen) atoms. The highest BCUT2D eigenvalue weighted by Crippen LogP contribution is 2.07. The molecule has 15 heteroatoms. The largest absolute Gasteiger partial charge is 0.481 e. The Hall–Kier alpha value is -2.91. The van der Waals surface area contributed by atoms with E-state index in [9.17, 15) is 33.9 Å². The van der Waals surface area contributed by atoms with Crippen molar-refractivity contribution in [1.29, 1.82) is 0 Å². The number of amides is 4. The van der Waals surface area contributed by atoms with Crippen LogP contribution in [0.1, 0.15) is 51.4 Å². The Kier molecular flexibility index (Phi) is 16.9. The van der Waals surface area contributed by atoms with E-state index in [-0.39, 0.29) is 25.7 Å². The van der Waals surface area contributed by atoms with Crippen LogP contribution >= 0.6 is 11.8 Å². The van der Waals surface area contributed by atoms with Gasteiger partial charge in [0.2, 0.25) is 23.6 Å². The molecule has 0 aliphatic carbocycles. The minimum absolute atomic E-state index is 0.0864. The molecular weight excluding hydrogens is 496 g/mol. The van der Waals surface area contributed by atoms with E-state index in [1.165, 1.54) is 11.8 Å². The first-order valence-corrected chi connectivity index (χ1v) is 12.9. The third-order valence-electron chi connectivity index (χ3n) is 5.12. The highest BCUT2D eigenvalue weighted by molar-refractivity contribution is 7.98. The number of nitrogens with two attached hydrogens (primary N) is 3. The Balaban J connectivity index is 5.55. The standard InChI is InChI=1S/C21H38N6O8S/c1-36-11-9-12(23)18(31)25-13(5-7-16(24)28)19(32)26-14(6-8-17(29)30)20(33)27-15(21(34)35)4-2-3-10-22/h12-15H,2-11,22-23H2,1H3,(H2,24,28)(H,25,31)(H,26,32)(H,27,33)(H,29,30)(H,34,35). The number of hydrogen-bond donors (Lipinski definition) is 8. The zero-order valence-corrected chi connectivity index (χ0v) is 21.2. The van der Waals surface area contributed by atoms with Crippen molar-refractivity contribution in [2.24, 2.45) is 17.2 Å². The number of thioether (sulfide) groups is 1. The highest BCUT2D eigenvalue weighted by atomic mass is 32.2. The monoisotopic (exact) mass is 534 g/mol. The maximum Gasteiger partial charge on any atom is 0.326 e. The van der Waals surface area contributed by atoms with Crippen molar-refractivity contribution in [3.8, 4) is 0 Å². The third-order valence-corrected chi connectivity index (χ3v) is 5.77. The van der Waals surface area contributed by atoms with E-state index in [1.807, 2.05) is 6.26 Å². The second kappa shape index (κ2) is 18.4. The third kappa shape index (κ3) is 14.5. The summed E-state index contributed by atoms with van der Waals surface area (Å²) in [5.74, 6) is -5.09. The summed E-state index contributed by atoms with van der Waals surface area (Å²) >= 11 is 1.48. The lowest BCUT2D eigenvalue weighted by atomic mass is 10.0. The van der Waals surface area contributed by atoms with Gasteiger partial charge in [-0.1, -0.05) is 0 Å². The molecule has 0 fully saturated rings. The van der Waals surface area contributed by atoms with Crippen molar-refractivity contribution in [3.63, 3.8) is 0 Å². The van der Waals surface area contributed by atoms with E-state index in [2.05, 4.69) is 16.0 Å². The average molecular weight is 535 g/mol. The minimum atomic E-state index is -1.41. The molecule has 0 heterocycles. The molecule has 11 N–H and O–H groups in total. The molecule has 0 spiro atoms. The van der Waals surface area contributed by atoms with Crippen LogP contribution < -0.4 is 33.2 Å². The summed E-state index contributed by atoms with van der Waals surface area (Å²) < 4.78 is 0. The van der Waals surface area contributed by atoms with Gasteiger partial charge >= 0.3 is 11.9 Å². The van der Waals surface area contributed by atoms with Crippen molar-refractivity contribution >= 4 is 47.3 Å². The van der Waals surface area contributed by atoms with E-state index in [4.69, 9.17) is 22.3 Å². The number of carboxylic acid groups (broad SMARTS) is 2. The Bertz CT molecular complexity index is 769. The zero-order valence-electron chi connectivity index (χ0n) is 20.4. The first-order valence-electron chi connectivity index (χ1n) is 11.5. The minimum Gasteiger partial charge on any atom is -0.481 e. The molecule has 0 saturated heterocycles. The molecule has 4 unspecified atom stereocenters. The van der Waals surface area contributed by atoms with E-state index in [0.717, 1.165) is 0 Å². The van der Waals surface area contributed by atoms with Crippen LogP contribution in [0, 0.1) is 0 Å². The molecule has 0 aliphatic rings. The first kappa shape index (κ1) is 33.1. The fraction of sp³-hybridized carbons (Fsp3) is 0.714. The summed E-state index contributed by atoms with van der Waals surface area (Å²) in [5.41, 5.74) is 16.4. The molecule has 0 aromatic carbocycles. The number of aliphatic carboxylic acids is 2. The van der Waals surface area contributed by atoms with Crippen molar-refractivity contribution in [3.05, 3.63) is 0 Å². The predicted molar refractivity (Wildman–Crippen MR) is 133 cm³/mol. The Morgan fingerprint density at radius 1 is 0.778 bits per heavy atom. The average Bonchev–Trinajstić information content (AvgIpc) is 2.81. The summed E-state index contributed by atoms with van der Waals surface area (Å²) in [5, 5.41) is 25.5. The Morgan fingerprint density at radius 3 is 1.78 bits per heavy atom. The van der Waals surface area contributed by atoms with E-state index >= 15 is 0 Å². The maximum absolute atomic E-state index is 12.9. The molecule has 206 valence electrons. The number of carbonyl (C=O) groups excluding carboxylic acids is 4. The molecule has 0 aromatic rings. The summed E-state index contributed by atoms with van der Waals surface area (Å²) in [6.45, 7) is 0.344. The molecule has 0 saturated carbocycles. The number of unbranched alkanes of at least 4 members (excludes halogenated alkanes) is 1. The maximum atomic E-state index is 12.9. The van der Waals surface area contributed by atoms with Gasteiger partial charge in [-0.15, -0.1) is 0 Å². The summed E-state index contributed by atoms with van der Waals surface area (Å²) in [4.78, 5) is 72.0. The van der Waals surface area contributed by atoms with Crippen LogP contribution in [0.4, 0.5) is 0 Å². The molecule has 0 radical (unpaired) electrons. The number of carbonyl (C=O) groups is 6. The van der Waals surface area contributed by atoms with Gasteiger partial charge in [0, 0.05) is 12.8 Å². The smallest absolute Gasteiger partial charge is 0.326 e. The number of rotatable bonds is 20. The second-order valence-corrected chi connectivity index (χ2v) is 9.12. The van der Waals surface area contributed by atoms with Crippen LogP contribution in [0.15, 0.2) is 0 Å². The van der Waals surface area contributed by atoms with Gasteiger partial charge in [0.1, 0.15) is 18.1 Å². The predicted octanol–water partition coefficient (Wildman–Crippen LogP) is -2.13. The molecule has 0 bridgehead atoms. The fourth-order valence-electron chi connectivity index (χ4n) is 3.04. The van der Waals surface area contributed by atoms with E-state index in [1.54, 1.807) is 0 Å². The number of primary amides is 1. The Morgan fingerprint density at radius 2 is 1.31 bits per heavy atom. The van der Waals surface area contributed by atoms with Gasteiger partial charge in [0.05, 0.1) is 6.04 Å². The van der Waals surface area contributed by atoms with Crippen LogP contribution in [0.2, 0.25) is 0 Å². The molecular formula is C21H38N6O8S. The van der Waals surface area contributed by atoms with E-state index < -0.39 is 66.2 Å². The van der Waals surface area contributed by atoms with Gasteiger partial charge in [-0.2, -0.15) is 11.8 Å². The van der Waals surface area contributed by atoms with Crippen molar-refractivity contribution in [2.75, 3.05) is 18.6 Å². The van der Waals surface area contributed by atoms with Crippen LogP contribution in [-0.4, -0.2) is 88.5 Å². The molecule has 0 aliphatic heterocycles. The lowest BCUT2D eigenvalue weighted by molar-refractivity contribution is -0.143. The molecule has 14 nitrogen and oxygen atoms in total. The quantitative estimate of drug-likeness (QED) is 0.0782. The summed E-state index contributed by atoms with van der Waals surface area (Å²) in [7, 11) is 0. The van der Waals surface area contributed by atoms with Gasteiger partial charge in [-0.25, -0.2) is 4.79 Å². The van der Waals surface area contributed by atoms with Crippen molar-refractivity contribution in [2.45, 2.75) is 75.5 Å². The van der Waals surface area contributed by atoms with Gasteiger partial charge in [0.15, 0.2) is 0 Å². The van der Waals surface area contributed by atoms with Gasteiger partial charge < -0.3 is 43.4 Å². The van der Waals surface area contributed by atoms with Crippen LogP contribution in [0.5, 0.6) is 0 Å². The van der Waals surface area contributed by atoms with E-state index in [0.29, 0.717) is 31.6 Å². The van der Waals surface area contributed by atoms with Crippen LogP contribution in [-0.2, 0) is 28.8 Å². The van der Waals surface area contributed by atoms with Crippen LogP contribution in [0.3, 0.4) is 0 Å². The lowest BCUT2D eigenvalue weighted by Gasteiger charge is -2.25. The topological polar surface area (TPSA) is 257 Å². The second-order valence-electron chi connectivity index (χ2n) is 8.13. The summed E-state index contributed by atoms with van der Waals surface area (Å²) in [6, 6.07) is -4.89. The lowest BCUT2D eigenvalue weighted by Crippen LogP contribution is -2.57. The molecule has 0 aromatic heterocycles. The van der Waals surface area contributed by atoms with Gasteiger partial charge in [0.25, 0.3) is 0 Å².